The van der Waals surface area contributed by atoms with E-state index in [4.69, 9.17) is 0 Å². The number of carbonyl (C=O) groups excluding carboxylic acids is 1. The van der Waals surface area contributed by atoms with Crippen LogP contribution in [0.3, 0.4) is 0 Å². The third kappa shape index (κ3) is 3.13. The van der Waals surface area contributed by atoms with E-state index in [0.717, 1.165) is 24.2 Å². The average Bonchev–Trinajstić information content (AvgIpc) is 2.79. The molecule has 4 heteroatoms. The van der Waals surface area contributed by atoms with Gasteiger partial charge in [0.15, 0.2) is 0 Å². The van der Waals surface area contributed by atoms with Gasteiger partial charge in [-0.05, 0) is 31.4 Å². The molecular formula is C15H21N3O. The van der Waals surface area contributed by atoms with E-state index in [-0.39, 0.29) is 11.8 Å². The molecule has 2 heterocycles. The van der Waals surface area contributed by atoms with Crippen LogP contribution in [0.25, 0.3) is 5.65 Å². The van der Waals surface area contributed by atoms with Crippen molar-refractivity contribution < 1.29 is 4.79 Å². The highest BCUT2D eigenvalue weighted by molar-refractivity contribution is 5.78. The molecule has 4 nitrogen and oxygen atoms in total. The maximum Gasteiger partial charge on any atom is 0.223 e. The summed E-state index contributed by atoms with van der Waals surface area (Å²) >= 11 is 0. The molecule has 102 valence electrons. The van der Waals surface area contributed by atoms with E-state index in [1.165, 1.54) is 5.56 Å². The van der Waals surface area contributed by atoms with Gasteiger partial charge in [0.25, 0.3) is 0 Å². The van der Waals surface area contributed by atoms with Crippen LogP contribution in [0.15, 0.2) is 24.5 Å². The largest absolute Gasteiger partial charge is 0.350 e. The average molecular weight is 259 g/mol. The van der Waals surface area contributed by atoms with E-state index in [1.807, 2.05) is 49.7 Å². The van der Waals surface area contributed by atoms with Gasteiger partial charge in [0.2, 0.25) is 5.91 Å². The van der Waals surface area contributed by atoms with Crippen molar-refractivity contribution in [2.24, 2.45) is 5.92 Å². The monoisotopic (exact) mass is 259 g/mol. The van der Waals surface area contributed by atoms with Crippen LogP contribution in [0.5, 0.6) is 0 Å². The molecule has 0 saturated carbocycles. The molecule has 0 aliphatic heterocycles. The molecule has 0 atom stereocenters. The van der Waals surface area contributed by atoms with Gasteiger partial charge in [0.05, 0.1) is 12.2 Å². The van der Waals surface area contributed by atoms with Crippen molar-refractivity contribution in [1.29, 1.82) is 0 Å². The molecule has 0 radical (unpaired) electrons. The number of carbonyl (C=O) groups is 1. The number of aryl methyl sites for hydroxylation is 1. The standard InChI is InChI=1S/C15H21N3O/c1-4-12(5-2)15(19)16-8-13-10-18-9-11(3)6-7-14(18)17-13/h6-7,9-10,12H,4-5,8H2,1-3H3,(H,16,19). The molecule has 0 aliphatic carbocycles. The highest BCUT2D eigenvalue weighted by Gasteiger charge is 2.13. The lowest BCUT2D eigenvalue weighted by atomic mass is 10.0. The number of nitrogens with one attached hydrogen (secondary N) is 1. The fourth-order valence-electron chi connectivity index (χ4n) is 2.22. The van der Waals surface area contributed by atoms with Crippen LogP contribution in [0.4, 0.5) is 0 Å². The van der Waals surface area contributed by atoms with Crippen molar-refractivity contribution in [3.63, 3.8) is 0 Å². The van der Waals surface area contributed by atoms with E-state index in [2.05, 4.69) is 10.3 Å². The molecule has 0 aromatic carbocycles. The lowest BCUT2D eigenvalue weighted by molar-refractivity contribution is -0.125. The summed E-state index contributed by atoms with van der Waals surface area (Å²) in [7, 11) is 0. The quantitative estimate of drug-likeness (QED) is 0.897. The molecule has 19 heavy (non-hydrogen) atoms. The van der Waals surface area contributed by atoms with Crippen LogP contribution in [-0.4, -0.2) is 15.3 Å². The molecule has 2 rings (SSSR count). The predicted molar refractivity (Wildman–Crippen MR) is 75.8 cm³/mol. The van der Waals surface area contributed by atoms with E-state index >= 15 is 0 Å². The number of hydrogen-bond acceptors (Lipinski definition) is 2. The van der Waals surface area contributed by atoms with Crippen LogP contribution in [-0.2, 0) is 11.3 Å². The summed E-state index contributed by atoms with van der Waals surface area (Å²) < 4.78 is 1.99. The SMILES string of the molecule is CCC(CC)C(=O)NCc1cn2cc(C)ccc2n1. The molecule has 1 amide bonds. The van der Waals surface area contributed by atoms with Crippen molar-refractivity contribution in [1.82, 2.24) is 14.7 Å². The Hall–Kier alpha value is -1.84. The summed E-state index contributed by atoms with van der Waals surface area (Å²) in [5, 5.41) is 2.96. The van der Waals surface area contributed by atoms with Gasteiger partial charge in [-0.1, -0.05) is 19.9 Å². The fourth-order valence-corrected chi connectivity index (χ4v) is 2.22. The minimum Gasteiger partial charge on any atom is -0.350 e. The second-order valence-corrected chi connectivity index (χ2v) is 4.94. The Morgan fingerprint density at radius 3 is 2.74 bits per heavy atom. The number of pyridine rings is 1. The van der Waals surface area contributed by atoms with Crippen LogP contribution in [0.2, 0.25) is 0 Å². The maximum absolute atomic E-state index is 11.9. The lowest BCUT2D eigenvalue weighted by Gasteiger charge is -2.11. The summed E-state index contributed by atoms with van der Waals surface area (Å²) in [5.74, 6) is 0.234. The fraction of sp³-hybridized carbons (Fsp3) is 0.467. The molecule has 0 fully saturated rings. The summed E-state index contributed by atoms with van der Waals surface area (Å²) in [5.41, 5.74) is 3.00. The Balaban J connectivity index is 2.03. The summed E-state index contributed by atoms with van der Waals surface area (Å²) in [6.07, 6.45) is 5.77. The second kappa shape index (κ2) is 5.87. The van der Waals surface area contributed by atoms with Gasteiger partial charge in [0.1, 0.15) is 5.65 Å². The molecule has 0 unspecified atom stereocenters. The first kappa shape index (κ1) is 13.6. The van der Waals surface area contributed by atoms with E-state index < -0.39 is 0 Å². The third-order valence-corrected chi connectivity index (χ3v) is 3.45. The minimum absolute atomic E-state index is 0.110. The topological polar surface area (TPSA) is 46.4 Å². The number of nitrogens with zero attached hydrogens (tertiary/aromatic N) is 2. The number of hydrogen-bond donors (Lipinski definition) is 1. The molecule has 1 N–H and O–H groups in total. The van der Waals surface area contributed by atoms with Crippen molar-refractivity contribution in [2.75, 3.05) is 0 Å². The number of fused-ring (bicyclic) bond motifs is 1. The first-order chi connectivity index (χ1) is 9.13. The number of rotatable bonds is 5. The van der Waals surface area contributed by atoms with Crippen molar-refractivity contribution >= 4 is 11.6 Å². The highest BCUT2D eigenvalue weighted by Crippen LogP contribution is 2.09. The Morgan fingerprint density at radius 1 is 1.32 bits per heavy atom. The van der Waals surface area contributed by atoms with Crippen LogP contribution in [0.1, 0.15) is 37.9 Å². The van der Waals surface area contributed by atoms with Gasteiger partial charge in [0, 0.05) is 18.3 Å². The van der Waals surface area contributed by atoms with Crippen LogP contribution in [0, 0.1) is 12.8 Å². The van der Waals surface area contributed by atoms with E-state index in [9.17, 15) is 4.79 Å². The smallest absolute Gasteiger partial charge is 0.223 e. The zero-order valence-corrected chi connectivity index (χ0v) is 11.8. The Labute approximate surface area is 113 Å². The number of aromatic nitrogens is 2. The number of imidazole rings is 1. The predicted octanol–water partition coefficient (Wildman–Crippen LogP) is 2.70. The van der Waals surface area contributed by atoms with Gasteiger partial charge in [-0.2, -0.15) is 0 Å². The normalized spacial score (nSPS) is 11.2. The van der Waals surface area contributed by atoms with Gasteiger partial charge in [-0.25, -0.2) is 4.98 Å². The molecule has 0 saturated heterocycles. The van der Waals surface area contributed by atoms with E-state index in [1.54, 1.807) is 0 Å². The second-order valence-electron chi connectivity index (χ2n) is 4.94. The van der Waals surface area contributed by atoms with Crippen molar-refractivity contribution in [2.45, 2.75) is 40.2 Å². The van der Waals surface area contributed by atoms with Gasteiger partial charge < -0.3 is 9.72 Å². The van der Waals surface area contributed by atoms with Crippen LogP contribution < -0.4 is 5.32 Å². The first-order valence-electron chi connectivity index (χ1n) is 6.86. The van der Waals surface area contributed by atoms with Crippen molar-refractivity contribution in [3.8, 4) is 0 Å². The molecule has 0 bridgehead atoms. The lowest BCUT2D eigenvalue weighted by Crippen LogP contribution is -2.29. The zero-order chi connectivity index (χ0) is 13.8. The molecule has 2 aromatic heterocycles. The molecule has 0 spiro atoms. The number of amides is 1. The molecule has 0 aliphatic rings. The summed E-state index contributed by atoms with van der Waals surface area (Å²) in [4.78, 5) is 16.4. The first-order valence-corrected chi connectivity index (χ1v) is 6.86. The van der Waals surface area contributed by atoms with Crippen LogP contribution >= 0.6 is 0 Å². The van der Waals surface area contributed by atoms with E-state index in [0.29, 0.717) is 6.54 Å². The highest BCUT2D eigenvalue weighted by atomic mass is 16.1. The Morgan fingerprint density at radius 2 is 2.05 bits per heavy atom. The summed E-state index contributed by atoms with van der Waals surface area (Å²) in [6, 6.07) is 4.02. The molecular weight excluding hydrogens is 238 g/mol. The summed E-state index contributed by atoms with van der Waals surface area (Å²) in [6.45, 7) is 6.63. The Bertz CT molecular complexity index is 570. The van der Waals surface area contributed by atoms with Gasteiger partial charge in [-0.3, -0.25) is 4.79 Å². The molecule has 2 aromatic rings. The minimum atomic E-state index is 0.110. The van der Waals surface area contributed by atoms with Gasteiger partial charge >= 0.3 is 0 Å². The Kier molecular flexibility index (Phi) is 4.20. The zero-order valence-electron chi connectivity index (χ0n) is 11.8. The maximum atomic E-state index is 11.9. The third-order valence-electron chi connectivity index (χ3n) is 3.45. The van der Waals surface area contributed by atoms with Crippen molar-refractivity contribution in [3.05, 3.63) is 35.8 Å². The van der Waals surface area contributed by atoms with Gasteiger partial charge in [-0.15, -0.1) is 0 Å².